The standard InChI is InChI=1S/C11H14N4/c1-8-4-3-5-10-11(8)9(6-13-14-12)7-15(10)2/h3-5,9H,6-7H2,1-2H3. The van der Waals surface area contributed by atoms with Gasteiger partial charge in [-0.3, -0.25) is 0 Å². The van der Waals surface area contributed by atoms with Crippen LogP contribution in [0.3, 0.4) is 0 Å². The van der Waals surface area contributed by atoms with Crippen LogP contribution in [-0.2, 0) is 0 Å². The van der Waals surface area contributed by atoms with Gasteiger partial charge in [-0.2, -0.15) is 0 Å². The number of nitrogens with zero attached hydrogens (tertiary/aromatic N) is 4. The first-order valence-electron chi connectivity index (χ1n) is 5.05. The van der Waals surface area contributed by atoms with Crippen molar-refractivity contribution >= 4 is 5.69 Å². The highest BCUT2D eigenvalue weighted by molar-refractivity contribution is 5.62. The van der Waals surface area contributed by atoms with Crippen LogP contribution >= 0.6 is 0 Å². The normalized spacial score (nSPS) is 18.5. The molecule has 0 fully saturated rings. The number of hydrogen-bond acceptors (Lipinski definition) is 2. The molecule has 1 heterocycles. The maximum absolute atomic E-state index is 8.35. The zero-order valence-corrected chi connectivity index (χ0v) is 9.01. The molecule has 1 unspecified atom stereocenters. The minimum absolute atomic E-state index is 0.349. The molecule has 0 aromatic heterocycles. The molecule has 1 aromatic carbocycles. The maximum Gasteiger partial charge on any atom is 0.0402 e. The lowest BCUT2D eigenvalue weighted by molar-refractivity contribution is 0.724. The second kappa shape index (κ2) is 3.83. The van der Waals surface area contributed by atoms with E-state index in [4.69, 9.17) is 5.53 Å². The molecule has 1 aliphatic heterocycles. The molecule has 1 aliphatic rings. The summed E-state index contributed by atoms with van der Waals surface area (Å²) in [6.07, 6.45) is 0. The summed E-state index contributed by atoms with van der Waals surface area (Å²) in [6.45, 7) is 3.61. The highest BCUT2D eigenvalue weighted by Gasteiger charge is 2.26. The van der Waals surface area contributed by atoms with Crippen molar-refractivity contribution in [2.75, 3.05) is 25.0 Å². The molecular weight excluding hydrogens is 188 g/mol. The van der Waals surface area contributed by atoms with Crippen LogP contribution in [0.5, 0.6) is 0 Å². The molecule has 1 atom stereocenters. The van der Waals surface area contributed by atoms with E-state index in [0.717, 1.165) is 6.54 Å². The average Bonchev–Trinajstić information content (AvgIpc) is 2.55. The minimum atomic E-state index is 0.349. The molecule has 0 bridgehead atoms. The van der Waals surface area contributed by atoms with E-state index in [1.807, 2.05) is 0 Å². The third-order valence-electron chi connectivity index (χ3n) is 2.98. The quantitative estimate of drug-likeness (QED) is 0.413. The summed E-state index contributed by atoms with van der Waals surface area (Å²) in [7, 11) is 2.08. The molecular formula is C11H14N4. The Morgan fingerprint density at radius 1 is 1.60 bits per heavy atom. The molecule has 0 saturated carbocycles. The summed E-state index contributed by atoms with van der Waals surface area (Å²) in [5, 5.41) is 3.68. The predicted octanol–water partition coefficient (Wildman–Crippen LogP) is 2.84. The fourth-order valence-electron chi connectivity index (χ4n) is 2.33. The number of rotatable bonds is 2. The monoisotopic (exact) mass is 202 g/mol. The molecule has 4 heteroatoms. The van der Waals surface area contributed by atoms with E-state index >= 15 is 0 Å². The highest BCUT2D eigenvalue weighted by atomic mass is 15.2. The smallest absolute Gasteiger partial charge is 0.0402 e. The van der Waals surface area contributed by atoms with Crippen LogP contribution in [0.1, 0.15) is 17.0 Å². The number of benzene rings is 1. The van der Waals surface area contributed by atoms with E-state index in [0.29, 0.717) is 12.5 Å². The minimum Gasteiger partial charge on any atom is -0.374 e. The van der Waals surface area contributed by atoms with Crippen molar-refractivity contribution in [2.24, 2.45) is 5.11 Å². The van der Waals surface area contributed by atoms with Gasteiger partial charge in [0.2, 0.25) is 0 Å². The topological polar surface area (TPSA) is 52.0 Å². The van der Waals surface area contributed by atoms with Crippen LogP contribution in [0.4, 0.5) is 5.69 Å². The molecule has 0 spiro atoms. The summed E-state index contributed by atoms with van der Waals surface area (Å²) in [5.41, 5.74) is 12.3. The zero-order chi connectivity index (χ0) is 10.8. The number of azide groups is 1. The van der Waals surface area contributed by atoms with Gasteiger partial charge in [0.05, 0.1) is 0 Å². The van der Waals surface area contributed by atoms with E-state index in [9.17, 15) is 0 Å². The lowest BCUT2D eigenvalue weighted by Crippen LogP contribution is -2.16. The lowest BCUT2D eigenvalue weighted by atomic mass is 9.97. The number of fused-ring (bicyclic) bond motifs is 1. The van der Waals surface area contributed by atoms with Crippen molar-refractivity contribution in [3.8, 4) is 0 Å². The van der Waals surface area contributed by atoms with Crippen LogP contribution in [0.15, 0.2) is 23.3 Å². The number of aryl methyl sites for hydroxylation is 1. The van der Waals surface area contributed by atoms with Gasteiger partial charge in [0.1, 0.15) is 0 Å². The Bertz CT molecular complexity index is 421. The Labute approximate surface area is 89.1 Å². The van der Waals surface area contributed by atoms with Crippen molar-refractivity contribution in [1.82, 2.24) is 0 Å². The summed E-state index contributed by atoms with van der Waals surface area (Å²) in [4.78, 5) is 5.06. The Morgan fingerprint density at radius 3 is 3.13 bits per heavy atom. The predicted molar refractivity (Wildman–Crippen MR) is 61.2 cm³/mol. The van der Waals surface area contributed by atoms with Crippen LogP contribution < -0.4 is 4.90 Å². The summed E-state index contributed by atoms with van der Waals surface area (Å²) in [6, 6.07) is 6.31. The van der Waals surface area contributed by atoms with Gasteiger partial charge >= 0.3 is 0 Å². The summed E-state index contributed by atoms with van der Waals surface area (Å²) >= 11 is 0. The fourth-order valence-corrected chi connectivity index (χ4v) is 2.33. The highest BCUT2D eigenvalue weighted by Crippen LogP contribution is 2.37. The van der Waals surface area contributed by atoms with Crippen molar-refractivity contribution in [2.45, 2.75) is 12.8 Å². The van der Waals surface area contributed by atoms with Gasteiger partial charge in [0.15, 0.2) is 0 Å². The maximum atomic E-state index is 8.35. The van der Waals surface area contributed by atoms with Crippen LogP contribution in [-0.4, -0.2) is 20.1 Å². The first-order valence-corrected chi connectivity index (χ1v) is 5.05. The van der Waals surface area contributed by atoms with Gasteiger partial charge in [0, 0.05) is 36.7 Å². The molecule has 0 saturated heterocycles. The third kappa shape index (κ3) is 1.64. The van der Waals surface area contributed by atoms with E-state index in [2.05, 4.69) is 47.1 Å². The Balaban J connectivity index is 2.39. The average molecular weight is 202 g/mol. The second-order valence-electron chi connectivity index (χ2n) is 4.00. The largest absolute Gasteiger partial charge is 0.374 e. The number of likely N-dealkylation sites (N-methyl/N-ethyl adjacent to an activating group) is 1. The first-order chi connectivity index (χ1) is 7.24. The summed E-state index contributed by atoms with van der Waals surface area (Å²) in [5.74, 6) is 0.349. The van der Waals surface area contributed by atoms with E-state index in [-0.39, 0.29) is 0 Å². The molecule has 2 rings (SSSR count). The second-order valence-corrected chi connectivity index (χ2v) is 4.00. The molecule has 15 heavy (non-hydrogen) atoms. The Kier molecular flexibility index (Phi) is 2.52. The molecule has 78 valence electrons. The van der Waals surface area contributed by atoms with Gasteiger partial charge < -0.3 is 4.90 Å². The SMILES string of the molecule is Cc1cccc2c1C(CN=[N+]=[N-])CN2C. The van der Waals surface area contributed by atoms with Crippen LogP contribution in [0, 0.1) is 6.92 Å². The van der Waals surface area contributed by atoms with Crippen molar-refractivity contribution in [1.29, 1.82) is 0 Å². The summed E-state index contributed by atoms with van der Waals surface area (Å²) < 4.78 is 0. The molecule has 4 nitrogen and oxygen atoms in total. The lowest BCUT2D eigenvalue weighted by Gasteiger charge is -2.11. The molecule has 1 aromatic rings. The number of hydrogen-bond donors (Lipinski definition) is 0. The molecule has 0 N–H and O–H groups in total. The van der Waals surface area contributed by atoms with E-state index in [1.54, 1.807) is 0 Å². The van der Waals surface area contributed by atoms with Crippen LogP contribution in [0.2, 0.25) is 0 Å². The zero-order valence-electron chi connectivity index (χ0n) is 9.01. The molecule has 0 radical (unpaired) electrons. The Hall–Kier alpha value is -1.67. The molecule has 0 aliphatic carbocycles. The fraction of sp³-hybridized carbons (Fsp3) is 0.455. The van der Waals surface area contributed by atoms with Gasteiger partial charge in [-0.1, -0.05) is 17.2 Å². The van der Waals surface area contributed by atoms with Crippen molar-refractivity contribution in [3.05, 3.63) is 39.8 Å². The van der Waals surface area contributed by atoms with E-state index < -0.39 is 0 Å². The van der Waals surface area contributed by atoms with Crippen molar-refractivity contribution in [3.63, 3.8) is 0 Å². The van der Waals surface area contributed by atoms with Gasteiger partial charge in [-0.05, 0) is 29.6 Å². The van der Waals surface area contributed by atoms with E-state index in [1.165, 1.54) is 16.8 Å². The van der Waals surface area contributed by atoms with Gasteiger partial charge in [-0.15, -0.1) is 0 Å². The first kappa shape index (κ1) is 9.87. The van der Waals surface area contributed by atoms with Crippen LogP contribution in [0.25, 0.3) is 10.4 Å². The van der Waals surface area contributed by atoms with Crippen molar-refractivity contribution < 1.29 is 0 Å². The number of anilines is 1. The Morgan fingerprint density at radius 2 is 2.40 bits per heavy atom. The van der Waals surface area contributed by atoms with Gasteiger partial charge in [0.25, 0.3) is 0 Å². The molecule has 0 amide bonds. The third-order valence-corrected chi connectivity index (χ3v) is 2.98. The van der Waals surface area contributed by atoms with Gasteiger partial charge in [-0.25, -0.2) is 0 Å².